The van der Waals surface area contributed by atoms with Crippen molar-refractivity contribution < 1.29 is 4.74 Å². The molecule has 1 aromatic heterocycles. The fourth-order valence-corrected chi connectivity index (χ4v) is 2.11. The van der Waals surface area contributed by atoms with Crippen LogP contribution in [0.25, 0.3) is 0 Å². The number of benzene rings is 1. The molecule has 0 bridgehead atoms. The van der Waals surface area contributed by atoms with Gasteiger partial charge >= 0.3 is 0 Å². The molecular weight excluding hydrogens is 252 g/mol. The number of hydrazine groups is 1. The van der Waals surface area contributed by atoms with Gasteiger partial charge in [-0.3, -0.25) is 10.8 Å². The van der Waals surface area contributed by atoms with Gasteiger partial charge in [-0.2, -0.15) is 0 Å². The first-order valence-corrected chi connectivity index (χ1v) is 6.39. The topological polar surface area (TPSA) is 63.4 Å². The number of hydrogen-bond donors (Lipinski definition) is 2. The first-order chi connectivity index (χ1) is 9.67. The summed E-state index contributed by atoms with van der Waals surface area (Å²) in [7, 11) is 5.64. The number of methoxy groups -OCH3 is 1. The average Bonchev–Trinajstić information content (AvgIpc) is 2.49. The van der Waals surface area contributed by atoms with Crippen LogP contribution in [0.5, 0.6) is 5.75 Å². The van der Waals surface area contributed by atoms with Crippen LogP contribution in [-0.2, 0) is 0 Å². The third-order valence-electron chi connectivity index (χ3n) is 3.18. The third-order valence-corrected chi connectivity index (χ3v) is 3.18. The van der Waals surface area contributed by atoms with Gasteiger partial charge in [0.05, 0.1) is 13.2 Å². The van der Waals surface area contributed by atoms with E-state index in [1.165, 1.54) is 0 Å². The second-order valence-corrected chi connectivity index (χ2v) is 4.68. The highest BCUT2D eigenvalue weighted by Gasteiger charge is 2.18. The van der Waals surface area contributed by atoms with E-state index in [9.17, 15) is 0 Å². The molecule has 20 heavy (non-hydrogen) atoms. The lowest BCUT2D eigenvalue weighted by Gasteiger charge is -2.20. The Kier molecular flexibility index (Phi) is 4.55. The summed E-state index contributed by atoms with van der Waals surface area (Å²) >= 11 is 0. The Morgan fingerprint density at radius 3 is 2.70 bits per heavy atom. The molecule has 0 radical (unpaired) electrons. The first-order valence-electron chi connectivity index (χ1n) is 6.39. The Bertz CT molecular complexity index is 571. The molecule has 2 rings (SSSR count). The van der Waals surface area contributed by atoms with Crippen molar-refractivity contribution in [1.29, 1.82) is 0 Å². The second-order valence-electron chi connectivity index (χ2n) is 4.68. The first kappa shape index (κ1) is 14.3. The molecule has 0 spiro atoms. The van der Waals surface area contributed by atoms with Gasteiger partial charge in [-0.25, -0.2) is 5.43 Å². The smallest absolute Gasteiger partial charge is 0.142 e. The average molecular weight is 272 g/mol. The van der Waals surface area contributed by atoms with E-state index < -0.39 is 0 Å². The molecule has 0 aliphatic carbocycles. The molecule has 1 aromatic carbocycles. The number of anilines is 1. The van der Waals surface area contributed by atoms with Gasteiger partial charge in [-0.15, -0.1) is 0 Å². The van der Waals surface area contributed by atoms with Crippen molar-refractivity contribution >= 4 is 5.69 Å². The van der Waals surface area contributed by atoms with Crippen molar-refractivity contribution in [3.63, 3.8) is 0 Å². The fraction of sp³-hybridized carbons (Fsp3) is 0.267. The summed E-state index contributed by atoms with van der Waals surface area (Å²) in [5.74, 6) is 6.44. The number of nitrogens with one attached hydrogen (secondary N) is 1. The molecule has 0 amide bonds. The Morgan fingerprint density at radius 2 is 2.05 bits per heavy atom. The van der Waals surface area contributed by atoms with Crippen LogP contribution in [0.1, 0.15) is 17.3 Å². The van der Waals surface area contributed by atoms with E-state index in [0.717, 1.165) is 16.9 Å². The molecule has 0 saturated heterocycles. The molecule has 106 valence electrons. The normalized spacial score (nSPS) is 12.0. The number of nitrogens with zero attached hydrogens (tertiary/aromatic N) is 2. The molecular formula is C15H20N4O. The quantitative estimate of drug-likeness (QED) is 0.641. The molecule has 5 heteroatoms. The molecule has 0 saturated carbocycles. The molecule has 1 heterocycles. The van der Waals surface area contributed by atoms with Crippen molar-refractivity contribution in [2.45, 2.75) is 6.04 Å². The molecule has 5 nitrogen and oxygen atoms in total. The molecule has 0 fully saturated rings. The predicted molar refractivity (Wildman–Crippen MR) is 80.7 cm³/mol. The predicted octanol–water partition coefficient (Wildman–Crippen LogP) is 1.71. The van der Waals surface area contributed by atoms with Crippen molar-refractivity contribution in [1.82, 2.24) is 10.4 Å². The standard InChI is InChI=1S/C15H20N4O/c1-19(2)12-7-4-6-11(10-12)14(18-16)15-13(20-3)8-5-9-17-15/h4-10,14,18H,16H2,1-3H3. The Balaban J connectivity index is 2.44. The minimum absolute atomic E-state index is 0.217. The van der Waals surface area contributed by atoms with Crippen LogP contribution in [0, 0.1) is 0 Å². The maximum Gasteiger partial charge on any atom is 0.142 e. The summed E-state index contributed by atoms with van der Waals surface area (Å²) in [5, 5.41) is 0. The van der Waals surface area contributed by atoms with Gasteiger partial charge in [0.1, 0.15) is 11.4 Å². The number of rotatable bonds is 5. The number of pyridine rings is 1. The molecule has 2 aromatic rings. The number of ether oxygens (including phenoxy) is 1. The summed E-state index contributed by atoms with van der Waals surface area (Å²) in [6.45, 7) is 0. The SMILES string of the molecule is COc1cccnc1C(NN)c1cccc(N(C)C)c1. The molecule has 0 aliphatic heterocycles. The van der Waals surface area contributed by atoms with Crippen LogP contribution in [0.2, 0.25) is 0 Å². The van der Waals surface area contributed by atoms with E-state index in [-0.39, 0.29) is 6.04 Å². The maximum atomic E-state index is 5.73. The van der Waals surface area contributed by atoms with Crippen molar-refractivity contribution in [2.75, 3.05) is 26.1 Å². The van der Waals surface area contributed by atoms with Crippen LogP contribution in [0.3, 0.4) is 0 Å². The molecule has 0 aliphatic rings. The van der Waals surface area contributed by atoms with E-state index in [1.54, 1.807) is 13.3 Å². The van der Waals surface area contributed by atoms with E-state index in [4.69, 9.17) is 10.6 Å². The summed E-state index contributed by atoms with van der Waals surface area (Å²) < 4.78 is 5.36. The summed E-state index contributed by atoms with van der Waals surface area (Å²) in [4.78, 5) is 6.44. The van der Waals surface area contributed by atoms with E-state index in [0.29, 0.717) is 5.75 Å². The monoisotopic (exact) mass is 272 g/mol. The molecule has 1 atom stereocenters. The molecule has 1 unspecified atom stereocenters. The zero-order chi connectivity index (χ0) is 14.5. The second kappa shape index (κ2) is 6.36. The minimum atomic E-state index is -0.217. The summed E-state index contributed by atoms with van der Waals surface area (Å²) in [5.41, 5.74) is 5.73. The van der Waals surface area contributed by atoms with Crippen molar-refractivity contribution in [3.8, 4) is 5.75 Å². The van der Waals surface area contributed by atoms with Crippen LogP contribution >= 0.6 is 0 Å². The Labute approximate surface area is 119 Å². The minimum Gasteiger partial charge on any atom is -0.495 e. The van der Waals surface area contributed by atoms with Gasteiger partial charge in [0.2, 0.25) is 0 Å². The van der Waals surface area contributed by atoms with Gasteiger partial charge in [0.15, 0.2) is 0 Å². The highest BCUT2D eigenvalue weighted by atomic mass is 16.5. The number of aromatic nitrogens is 1. The van der Waals surface area contributed by atoms with Crippen molar-refractivity contribution in [2.24, 2.45) is 5.84 Å². The zero-order valence-corrected chi connectivity index (χ0v) is 12.0. The third kappa shape index (κ3) is 2.89. The Hall–Kier alpha value is -2.11. The van der Waals surface area contributed by atoms with E-state index in [1.807, 2.05) is 49.3 Å². The molecule has 3 N–H and O–H groups in total. The van der Waals surface area contributed by atoms with Crippen LogP contribution in [-0.4, -0.2) is 26.2 Å². The lowest BCUT2D eigenvalue weighted by Crippen LogP contribution is -2.30. The largest absolute Gasteiger partial charge is 0.495 e. The van der Waals surface area contributed by atoms with Gasteiger partial charge in [-0.1, -0.05) is 12.1 Å². The van der Waals surface area contributed by atoms with Gasteiger partial charge in [0, 0.05) is 26.0 Å². The Morgan fingerprint density at radius 1 is 1.25 bits per heavy atom. The summed E-state index contributed by atoms with van der Waals surface area (Å²) in [6, 6.07) is 11.7. The van der Waals surface area contributed by atoms with E-state index >= 15 is 0 Å². The van der Waals surface area contributed by atoms with Crippen LogP contribution in [0.15, 0.2) is 42.6 Å². The lowest BCUT2D eigenvalue weighted by atomic mass is 10.0. The van der Waals surface area contributed by atoms with Gasteiger partial charge < -0.3 is 9.64 Å². The van der Waals surface area contributed by atoms with Gasteiger partial charge in [-0.05, 0) is 29.8 Å². The highest BCUT2D eigenvalue weighted by Crippen LogP contribution is 2.28. The van der Waals surface area contributed by atoms with Crippen LogP contribution < -0.4 is 20.9 Å². The lowest BCUT2D eigenvalue weighted by molar-refractivity contribution is 0.400. The van der Waals surface area contributed by atoms with Crippen molar-refractivity contribution in [3.05, 3.63) is 53.9 Å². The zero-order valence-electron chi connectivity index (χ0n) is 12.0. The number of hydrogen-bond acceptors (Lipinski definition) is 5. The number of nitrogens with two attached hydrogens (primary N) is 1. The van der Waals surface area contributed by atoms with Gasteiger partial charge in [0.25, 0.3) is 0 Å². The fourth-order valence-electron chi connectivity index (χ4n) is 2.11. The van der Waals surface area contributed by atoms with E-state index in [2.05, 4.69) is 16.5 Å². The summed E-state index contributed by atoms with van der Waals surface area (Å²) in [6.07, 6.45) is 1.73. The van der Waals surface area contributed by atoms with Crippen LogP contribution in [0.4, 0.5) is 5.69 Å². The highest BCUT2D eigenvalue weighted by molar-refractivity contribution is 5.49. The maximum absolute atomic E-state index is 5.73.